The second-order valence-corrected chi connectivity index (χ2v) is 2.23. The minimum absolute atomic E-state index is 0.0885. The van der Waals surface area contributed by atoms with Crippen molar-refractivity contribution < 1.29 is 4.39 Å². The van der Waals surface area contributed by atoms with Gasteiger partial charge >= 0.3 is 0 Å². The molecule has 1 nitrogen and oxygen atoms in total. The van der Waals surface area contributed by atoms with Gasteiger partial charge in [-0.05, 0) is 17.7 Å². The van der Waals surface area contributed by atoms with Crippen LogP contribution in [-0.4, -0.2) is 6.21 Å². The van der Waals surface area contributed by atoms with Crippen molar-refractivity contribution in [2.75, 3.05) is 0 Å². The molecule has 0 unspecified atom stereocenters. The molecule has 0 atom stereocenters. The summed E-state index contributed by atoms with van der Waals surface area (Å²) in [5.41, 5.74) is 0.516. The highest BCUT2D eigenvalue weighted by atomic mass is 35.5. The lowest BCUT2D eigenvalue weighted by molar-refractivity contribution is 0.628. The SMILES string of the molecule is N=Cc1ccc(Cl)c(F)c1. The van der Waals surface area contributed by atoms with Crippen LogP contribution in [0.4, 0.5) is 4.39 Å². The molecule has 0 saturated carbocycles. The summed E-state index contributed by atoms with van der Waals surface area (Å²) in [5.74, 6) is -0.484. The largest absolute Gasteiger partial charge is 0.308 e. The lowest BCUT2D eigenvalue weighted by atomic mass is 10.2. The second-order valence-electron chi connectivity index (χ2n) is 1.82. The summed E-state index contributed by atoms with van der Waals surface area (Å²) >= 11 is 5.39. The molecule has 1 N–H and O–H groups in total. The molecule has 0 spiro atoms. The Labute approximate surface area is 63.0 Å². The monoisotopic (exact) mass is 157 g/mol. The van der Waals surface area contributed by atoms with Gasteiger partial charge in [0.2, 0.25) is 0 Å². The number of benzene rings is 1. The van der Waals surface area contributed by atoms with E-state index in [1.54, 1.807) is 6.07 Å². The van der Waals surface area contributed by atoms with E-state index in [9.17, 15) is 4.39 Å². The van der Waals surface area contributed by atoms with Crippen LogP contribution in [0.3, 0.4) is 0 Å². The molecule has 0 aliphatic rings. The van der Waals surface area contributed by atoms with Crippen LogP contribution in [0.2, 0.25) is 5.02 Å². The third kappa shape index (κ3) is 1.33. The molecule has 52 valence electrons. The van der Waals surface area contributed by atoms with Crippen molar-refractivity contribution in [3.63, 3.8) is 0 Å². The van der Waals surface area contributed by atoms with Crippen LogP contribution in [-0.2, 0) is 0 Å². The molecule has 1 aromatic rings. The molecule has 1 aromatic carbocycles. The highest BCUT2D eigenvalue weighted by Gasteiger charge is 1.97. The summed E-state index contributed by atoms with van der Waals surface area (Å²) in [6.45, 7) is 0. The molecule has 3 heteroatoms. The quantitative estimate of drug-likeness (QED) is 0.606. The Hall–Kier alpha value is -0.890. The molecular weight excluding hydrogens is 153 g/mol. The Bertz CT molecular complexity index is 260. The lowest BCUT2D eigenvalue weighted by Gasteiger charge is -1.93. The fourth-order valence-corrected chi connectivity index (χ4v) is 0.720. The smallest absolute Gasteiger partial charge is 0.142 e. The Balaban J connectivity index is 3.16. The zero-order chi connectivity index (χ0) is 7.56. The fourth-order valence-electron chi connectivity index (χ4n) is 0.602. The summed E-state index contributed by atoms with van der Waals surface area (Å²) in [7, 11) is 0. The van der Waals surface area contributed by atoms with Gasteiger partial charge < -0.3 is 5.41 Å². The van der Waals surface area contributed by atoms with E-state index < -0.39 is 5.82 Å². The van der Waals surface area contributed by atoms with Crippen molar-refractivity contribution in [2.24, 2.45) is 0 Å². The van der Waals surface area contributed by atoms with Gasteiger partial charge in [0.05, 0.1) is 5.02 Å². The van der Waals surface area contributed by atoms with Gasteiger partial charge in [0.25, 0.3) is 0 Å². The molecule has 0 saturated heterocycles. The predicted octanol–water partition coefficient (Wildman–Crippen LogP) is 2.48. The molecule has 0 radical (unpaired) electrons. The van der Waals surface area contributed by atoms with Gasteiger partial charge in [0.1, 0.15) is 5.82 Å². The third-order valence-corrected chi connectivity index (χ3v) is 1.42. The average molecular weight is 158 g/mol. The predicted molar refractivity (Wildman–Crippen MR) is 39.3 cm³/mol. The van der Waals surface area contributed by atoms with Crippen molar-refractivity contribution in [1.29, 1.82) is 5.41 Å². The summed E-state index contributed by atoms with van der Waals surface area (Å²) in [5, 5.41) is 6.86. The van der Waals surface area contributed by atoms with E-state index in [1.807, 2.05) is 0 Å². The van der Waals surface area contributed by atoms with Gasteiger partial charge in [0.15, 0.2) is 0 Å². The Kier molecular flexibility index (Phi) is 2.02. The Morgan fingerprint density at radius 1 is 1.50 bits per heavy atom. The molecule has 0 aromatic heterocycles. The van der Waals surface area contributed by atoms with Crippen molar-refractivity contribution in [3.8, 4) is 0 Å². The van der Waals surface area contributed by atoms with Crippen LogP contribution in [0.1, 0.15) is 5.56 Å². The van der Waals surface area contributed by atoms with Gasteiger partial charge in [-0.15, -0.1) is 0 Å². The van der Waals surface area contributed by atoms with Crippen LogP contribution in [0.5, 0.6) is 0 Å². The number of rotatable bonds is 1. The van der Waals surface area contributed by atoms with Crippen molar-refractivity contribution in [2.45, 2.75) is 0 Å². The highest BCUT2D eigenvalue weighted by molar-refractivity contribution is 6.30. The Morgan fingerprint density at radius 2 is 2.20 bits per heavy atom. The summed E-state index contributed by atoms with van der Waals surface area (Å²) in [6.07, 6.45) is 1.07. The minimum atomic E-state index is -0.484. The molecule has 0 aliphatic heterocycles. The van der Waals surface area contributed by atoms with Crippen molar-refractivity contribution in [1.82, 2.24) is 0 Å². The van der Waals surface area contributed by atoms with E-state index in [2.05, 4.69) is 0 Å². The number of nitrogens with one attached hydrogen (secondary N) is 1. The summed E-state index contributed by atoms with van der Waals surface area (Å²) < 4.78 is 12.5. The third-order valence-electron chi connectivity index (χ3n) is 1.11. The van der Waals surface area contributed by atoms with Gasteiger partial charge in [-0.3, -0.25) is 0 Å². The normalized spacial score (nSPS) is 9.40. The number of hydrogen-bond acceptors (Lipinski definition) is 1. The fraction of sp³-hybridized carbons (Fsp3) is 0. The first-order chi connectivity index (χ1) is 4.74. The molecule has 0 fully saturated rings. The second kappa shape index (κ2) is 2.80. The first-order valence-corrected chi connectivity index (χ1v) is 3.07. The van der Waals surface area contributed by atoms with E-state index in [0.717, 1.165) is 6.21 Å². The van der Waals surface area contributed by atoms with Crippen molar-refractivity contribution in [3.05, 3.63) is 34.6 Å². The first kappa shape index (κ1) is 7.22. The van der Waals surface area contributed by atoms with Crippen LogP contribution >= 0.6 is 11.6 Å². The standard InChI is InChI=1S/C7H5ClFN/c8-6-2-1-5(4-10)3-7(6)9/h1-4,10H. The molecule has 0 heterocycles. The Morgan fingerprint density at radius 3 is 2.70 bits per heavy atom. The van der Waals surface area contributed by atoms with E-state index in [4.69, 9.17) is 17.0 Å². The van der Waals surface area contributed by atoms with Crippen LogP contribution in [0, 0.1) is 11.2 Å². The maximum atomic E-state index is 12.5. The van der Waals surface area contributed by atoms with Gasteiger partial charge in [-0.25, -0.2) is 4.39 Å². The summed E-state index contributed by atoms with van der Waals surface area (Å²) in [6, 6.07) is 4.23. The average Bonchev–Trinajstić information content (AvgIpc) is 1.95. The van der Waals surface area contributed by atoms with E-state index in [1.165, 1.54) is 12.1 Å². The summed E-state index contributed by atoms with van der Waals surface area (Å²) in [4.78, 5) is 0. The van der Waals surface area contributed by atoms with Crippen molar-refractivity contribution >= 4 is 17.8 Å². The molecule has 10 heavy (non-hydrogen) atoms. The minimum Gasteiger partial charge on any atom is -0.308 e. The maximum absolute atomic E-state index is 12.5. The molecule has 0 bridgehead atoms. The van der Waals surface area contributed by atoms with Gasteiger partial charge in [-0.2, -0.15) is 0 Å². The van der Waals surface area contributed by atoms with Crippen LogP contribution < -0.4 is 0 Å². The molecule has 0 aliphatic carbocycles. The number of hydrogen-bond donors (Lipinski definition) is 1. The number of halogens is 2. The van der Waals surface area contributed by atoms with Gasteiger partial charge in [0, 0.05) is 6.21 Å². The molecular formula is C7H5ClFN. The van der Waals surface area contributed by atoms with Crippen LogP contribution in [0.15, 0.2) is 18.2 Å². The molecule has 1 rings (SSSR count). The zero-order valence-corrected chi connectivity index (χ0v) is 5.82. The highest BCUT2D eigenvalue weighted by Crippen LogP contribution is 2.13. The lowest BCUT2D eigenvalue weighted by Crippen LogP contribution is -1.81. The van der Waals surface area contributed by atoms with E-state index in [0.29, 0.717) is 5.56 Å². The molecule has 0 amide bonds. The zero-order valence-electron chi connectivity index (χ0n) is 5.07. The van der Waals surface area contributed by atoms with E-state index in [-0.39, 0.29) is 5.02 Å². The first-order valence-electron chi connectivity index (χ1n) is 2.69. The van der Waals surface area contributed by atoms with E-state index >= 15 is 0 Å². The van der Waals surface area contributed by atoms with Crippen LogP contribution in [0.25, 0.3) is 0 Å². The van der Waals surface area contributed by atoms with Gasteiger partial charge in [-0.1, -0.05) is 17.7 Å². The topological polar surface area (TPSA) is 23.9 Å². The maximum Gasteiger partial charge on any atom is 0.142 e.